The van der Waals surface area contributed by atoms with Crippen LogP contribution in [0.2, 0.25) is 0 Å². The van der Waals surface area contributed by atoms with E-state index in [0.29, 0.717) is 19.3 Å². The Morgan fingerprint density at radius 1 is 0.596 bits per heavy atom. The second-order valence-corrected chi connectivity index (χ2v) is 16.7. The Hall–Kier alpha value is -1.37. The molecule has 7 N–H and O–H groups in total. The molecule has 10 nitrogen and oxygen atoms in total. The molecule has 1 saturated heterocycles. The molecule has 1 heterocycles. The Labute approximate surface area is 348 Å². The van der Waals surface area contributed by atoms with Gasteiger partial charge in [-0.2, -0.15) is 0 Å². The molecule has 0 aromatic rings. The maximum absolute atomic E-state index is 13.0. The van der Waals surface area contributed by atoms with Crippen molar-refractivity contribution in [1.29, 1.82) is 0 Å². The molecule has 0 radical (unpaired) electrons. The second kappa shape index (κ2) is 37.6. The number of amides is 1. The third-order valence-electron chi connectivity index (χ3n) is 11.4. The summed E-state index contributed by atoms with van der Waals surface area (Å²) < 4.78 is 11.1. The van der Waals surface area contributed by atoms with Crippen molar-refractivity contribution in [1.82, 2.24) is 5.32 Å². The molecule has 1 aliphatic heterocycles. The van der Waals surface area contributed by atoms with Crippen molar-refractivity contribution in [2.24, 2.45) is 0 Å². The summed E-state index contributed by atoms with van der Waals surface area (Å²) in [7, 11) is 0. The zero-order valence-electron chi connectivity index (χ0n) is 36.5. The zero-order valence-corrected chi connectivity index (χ0v) is 36.5. The quantitative estimate of drug-likeness (QED) is 0.0237. The fraction of sp³-hybridized carbons (Fsp3) is 0.894. The number of carbonyl (C=O) groups is 1. The first-order chi connectivity index (χ1) is 27.8. The van der Waals surface area contributed by atoms with Crippen LogP contribution < -0.4 is 5.32 Å². The highest BCUT2D eigenvalue weighted by atomic mass is 16.7. The van der Waals surface area contributed by atoms with Gasteiger partial charge >= 0.3 is 0 Å². The normalized spacial score (nSPS) is 21.7. The molecule has 0 spiro atoms. The molecule has 1 amide bonds. The van der Waals surface area contributed by atoms with Gasteiger partial charge in [-0.3, -0.25) is 4.79 Å². The van der Waals surface area contributed by atoms with Gasteiger partial charge in [-0.1, -0.05) is 199 Å². The Balaban J connectivity index is 2.33. The third kappa shape index (κ3) is 27.9. The Morgan fingerprint density at radius 3 is 1.53 bits per heavy atom. The van der Waals surface area contributed by atoms with Crippen LogP contribution in [0, 0.1) is 0 Å². The number of carbonyl (C=O) groups excluding carboxylic acids is 1. The number of hydrogen-bond acceptors (Lipinski definition) is 9. The summed E-state index contributed by atoms with van der Waals surface area (Å²) in [5.41, 5.74) is 0. The van der Waals surface area contributed by atoms with E-state index in [-0.39, 0.29) is 6.61 Å². The number of aliphatic hydroxyl groups excluding tert-OH is 6. The van der Waals surface area contributed by atoms with Gasteiger partial charge < -0.3 is 45.4 Å². The van der Waals surface area contributed by atoms with Crippen molar-refractivity contribution in [2.45, 2.75) is 255 Å². The van der Waals surface area contributed by atoms with Crippen LogP contribution in [0.15, 0.2) is 24.3 Å². The highest BCUT2D eigenvalue weighted by Gasteiger charge is 2.44. The fourth-order valence-electron chi connectivity index (χ4n) is 7.47. The van der Waals surface area contributed by atoms with Gasteiger partial charge in [0.1, 0.15) is 30.5 Å². The number of nitrogens with one attached hydrogen (secondary N) is 1. The molecule has 1 fully saturated rings. The van der Waals surface area contributed by atoms with Crippen LogP contribution in [-0.4, -0.2) is 98.7 Å². The van der Waals surface area contributed by atoms with Gasteiger partial charge in [0.15, 0.2) is 6.29 Å². The first-order valence-electron chi connectivity index (χ1n) is 23.7. The fourth-order valence-corrected chi connectivity index (χ4v) is 7.47. The molecule has 10 heteroatoms. The third-order valence-corrected chi connectivity index (χ3v) is 11.4. The van der Waals surface area contributed by atoms with Crippen LogP contribution >= 0.6 is 0 Å². The molecule has 0 saturated carbocycles. The summed E-state index contributed by atoms with van der Waals surface area (Å²) in [6, 6.07) is -0.992. The molecule has 336 valence electrons. The summed E-state index contributed by atoms with van der Waals surface area (Å²) >= 11 is 0. The van der Waals surface area contributed by atoms with Gasteiger partial charge in [-0.15, -0.1) is 0 Å². The van der Waals surface area contributed by atoms with Crippen molar-refractivity contribution < 1.29 is 44.9 Å². The highest BCUT2D eigenvalue weighted by Crippen LogP contribution is 2.23. The van der Waals surface area contributed by atoms with E-state index < -0.39 is 61.5 Å². The largest absolute Gasteiger partial charge is 0.394 e. The minimum absolute atomic E-state index is 0.308. The highest BCUT2D eigenvalue weighted by molar-refractivity contribution is 5.80. The molecule has 0 bridgehead atoms. The molecule has 0 aromatic heterocycles. The summed E-state index contributed by atoms with van der Waals surface area (Å²) in [5.74, 6) is -0.625. The molecular weight excluding hydrogens is 723 g/mol. The van der Waals surface area contributed by atoms with E-state index in [9.17, 15) is 35.4 Å². The van der Waals surface area contributed by atoms with E-state index >= 15 is 0 Å². The minimum atomic E-state index is -1.61. The van der Waals surface area contributed by atoms with E-state index in [1.165, 1.54) is 141 Å². The summed E-state index contributed by atoms with van der Waals surface area (Å²) in [5, 5.41) is 64.5. The SMILES string of the molecule is CCCCCCC/C=C/CC/C=C/C(O)C(COC1OC(CO)C(O)C(O)C1O)NC(=O)C(O)CCCCCCCCCCCCCCCCCCCCCCC. The van der Waals surface area contributed by atoms with Crippen molar-refractivity contribution in [2.75, 3.05) is 13.2 Å². The van der Waals surface area contributed by atoms with E-state index in [1.807, 2.05) is 6.08 Å². The monoisotopic (exact) mass is 812 g/mol. The lowest BCUT2D eigenvalue weighted by atomic mass is 9.99. The van der Waals surface area contributed by atoms with Crippen LogP contribution in [-0.2, 0) is 14.3 Å². The summed E-state index contributed by atoms with van der Waals surface area (Å²) in [6.07, 6.45) is 34.2. The smallest absolute Gasteiger partial charge is 0.249 e. The van der Waals surface area contributed by atoms with E-state index in [0.717, 1.165) is 32.1 Å². The second-order valence-electron chi connectivity index (χ2n) is 16.7. The predicted octanol–water partition coefficient (Wildman–Crippen LogP) is 8.86. The average Bonchev–Trinajstić information content (AvgIpc) is 3.21. The van der Waals surface area contributed by atoms with Crippen LogP contribution in [0.25, 0.3) is 0 Å². The van der Waals surface area contributed by atoms with Crippen molar-refractivity contribution in [3.05, 3.63) is 24.3 Å². The molecule has 8 unspecified atom stereocenters. The minimum Gasteiger partial charge on any atom is -0.394 e. The first-order valence-corrected chi connectivity index (χ1v) is 23.7. The van der Waals surface area contributed by atoms with E-state index in [1.54, 1.807) is 6.08 Å². The standard InChI is InChI=1S/C47H89NO9/c1-3-5-7-9-11-13-15-16-17-18-19-20-21-22-23-24-26-28-30-32-34-36-41(51)46(55)48-39(38-56-47-45(54)44(53)43(52)42(37-49)57-47)40(50)35-33-31-29-27-25-14-12-10-8-6-4-2/h25,27,33,35,39-45,47,49-54H,3-24,26,28-32,34,36-38H2,1-2H3,(H,48,55)/b27-25+,35-33+. The van der Waals surface area contributed by atoms with Gasteiger partial charge in [-0.05, 0) is 32.1 Å². The molecule has 1 aliphatic rings. The number of ether oxygens (including phenoxy) is 2. The molecule has 0 aromatic carbocycles. The van der Waals surface area contributed by atoms with Crippen LogP contribution in [0.1, 0.15) is 206 Å². The van der Waals surface area contributed by atoms with Crippen LogP contribution in [0.3, 0.4) is 0 Å². The number of rotatable bonds is 39. The Kier molecular flexibility index (Phi) is 35.4. The zero-order chi connectivity index (χ0) is 41.8. The number of allylic oxidation sites excluding steroid dienone is 3. The van der Waals surface area contributed by atoms with Gasteiger partial charge in [0, 0.05) is 0 Å². The van der Waals surface area contributed by atoms with Crippen molar-refractivity contribution >= 4 is 5.91 Å². The molecular formula is C47H89NO9. The predicted molar refractivity (Wildman–Crippen MR) is 232 cm³/mol. The lowest BCUT2D eigenvalue weighted by Crippen LogP contribution is -2.60. The van der Waals surface area contributed by atoms with Gasteiger partial charge in [0.25, 0.3) is 0 Å². The van der Waals surface area contributed by atoms with Gasteiger partial charge in [-0.25, -0.2) is 0 Å². The Bertz CT molecular complexity index is 963. The van der Waals surface area contributed by atoms with Gasteiger partial charge in [0.05, 0.1) is 25.4 Å². The van der Waals surface area contributed by atoms with E-state index in [2.05, 4.69) is 31.3 Å². The van der Waals surface area contributed by atoms with Crippen molar-refractivity contribution in [3.63, 3.8) is 0 Å². The average molecular weight is 812 g/mol. The lowest BCUT2D eigenvalue weighted by Gasteiger charge is -2.40. The molecule has 0 aliphatic carbocycles. The van der Waals surface area contributed by atoms with Crippen LogP contribution in [0.4, 0.5) is 0 Å². The summed E-state index contributed by atoms with van der Waals surface area (Å²) in [6.45, 7) is 3.57. The number of aliphatic hydroxyl groups is 6. The maximum atomic E-state index is 13.0. The first kappa shape index (κ1) is 53.6. The molecule has 57 heavy (non-hydrogen) atoms. The topological polar surface area (TPSA) is 169 Å². The molecule has 8 atom stereocenters. The lowest BCUT2D eigenvalue weighted by molar-refractivity contribution is -0.302. The molecule has 1 rings (SSSR count). The summed E-state index contributed by atoms with van der Waals surface area (Å²) in [4.78, 5) is 13.0. The Morgan fingerprint density at radius 2 is 1.04 bits per heavy atom. The van der Waals surface area contributed by atoms with E-state index in [4.69, 9.17) is 9.47 Å². The van der Waals surface area contributed by atoms with Gasteiger partial charge in [0.2, 0.25) is 5.91 Å². The van der Waals surface area contributed by atoms with Crippen molar-refractivity contribution in [3.8, 4) is 0 Å². The maximum Gasteiger partial charge on any atom is 0.249 e. The number of unbranched alkanes of at least 4 members (excludes halogenated alkanes) is 26. The van der Waals surface area contributed by atoms with Crippen LogP contribution in [0.5, 0.6) is 0 Å². The number of hydrogen-bond donors (Lipinski definition) is 7.